The number of rotatable bonds is 4. The molecule has 19 heavy (non-hydrogen) atoms. The van der Waals surface area contributed by atoms with Crippen LogP contribution in [0.3, 0.4) is 0 Å². The molecular weight excluding hydrogens is 248 g/mol. The maximum atomic E-state index is 11.2. The lowest BCUT2D eigenvalue weighted by atomic mass is 10.2. The zero-order valence-corrected chi connectivity index (χ0v) is 11.2. The highest BCUT2D eigenvalue weighted by molar-refractivity contribution is 5.91. The van der Waals surface area contributed by atoms with Gasteiger partial charge in [0.05, 0.1) is 24.9 Å². The molecule has 0 aliphatic carbocycles. The van der Waals surface area contributed by atoms with Gasteiger partial charge >= 0.3 is 0 Å². The van der Waals surface area contributed by atoms with Gasteiger partial charge in [-0.05, 0) is 13.8 Å². The number of ether oxygens (including phenoxy) is 1. The van der Waals surface area contributed by atoms with Gasteiger partial charge in [-0.1, -0.05) is 5.21 Å². The summed E-state index contributed by atoms with van der Waals surface area (Å²) in [5, 5.41) is 7.66. The summed E-state index contributed by atoms with van der Waals surface area (Å²) in [5.74, 6) is 4.61. The van der Waals surface area contributed by atoms with Gasteiger partial charge in [0.25, 0.3) is 5.91 Å². The van der Waals surface area contributed by atoms with Crippen molar-refractivity contribution < 1.29 is 9.53 Å². The highest BCUT2D eigenvalue weighted by Gasteiger charge is 2.21. The molecule has 0 spiro atoms. The van der Waals surface area contributed by atoms with Crippen LogP contribution in [0.25, 0.3) is 0 Å². The summed E-state index contributed by atoms with van der Waals surface area (Å²) >= 11 is 0. The van der Waals surface area contributed by atoms with E-state index in [4.69, 9.17) is 10.6 Å². The highest BCUT2D eigenvalue weighted by atomic mass is 16.5. The first kappa shape index (κ1) is 13.9. The number of morpholine rings is 1. The molecule has 2 heterocycles. The molecule has 1 saturated heterocycles. The molecule has 1 fully saturated rings. The molecule has 0 aromatic carbocycles. The largest absolute Gasteiger partial charge is 0.373 e. The monoisotopic (exact) mass is 268 g/mol. The first-order valence-electron chi connectivity index (χ1n) is 6.37. The summed E-state index contributed by atoms with van der Waals surface area (Å²) in [7, 11) is 0. The second-order valence-electron chi connectivity index (χ2n) is 4.86. The van der Waals surface area contributed by atoms with E-state index < -0.39 is 5.91 Å². The second-order valence-corrected chi connectivity index (χ2v) is 4.86. The van der Waals surface area contributed by atoms with Gasteiger partial charge in [0.1, 0.15) is 0 Å². The minimum atomic E-state index is -0.431. The summed E-state index contributed by atoms with van der Waals surface area (Å²) < 4.78 is 7.32. The number of hydrogen-bond donors (Lipinski definition) is 2. The molecule has 2 rings (SSSR count). The fourth-order valence-corrected chi connectivity index (χ4v) is 2.30. The fraction of sp³-hybridized carbons (Fsp3) is 0.727. The number of nitrogens with one attached hydrogen (secondary N) is 1. The van der Waals surface area contributed by atoms with Crippen LogP contribution < -0.4 is 11.3 Å². The van der Waals surface area contributed by atoms with E-state index in [0.29, 0.717) is 6.54 Å². The fourth-order valence-electron chi connectivity index (χ4n) is 2.30. The van der Waals surface area contributed by atoms with Gasteiger partial charge in [-0.2, -0.15) is 0 Å². The van der Waals surface area contributed by atoms with Crippen molar-refractivity contribution in [3.05, 3.63) is 11.9 Å². The Labute approximate surface area is 111 Å². The van der Waals surface area contributed by atoms with Crippen LogP contribution in [-0.4, -0.2) is 57.6 Å². The molecular formula is C11H20N6O2. The number of nitrogens with two attached hydrogens (primary N) is 1. The normalized spacial score (nSPS) is 24.4. The van der Waals surface area contributed by atoms with Crippen LogP contribution >= 0.6 is 0 Å². The third kappa shape index (κ3) is 3.72. The number of amides is 1. The van der Waals surface area contributed by atoms with Gasteiger partial charge < -0.3 is 4.74 Å². The predicted octanol–water partition coefficient (Wildman–Crippen LogP) is -1.01. The number of nitrogens with zero attached hydrogens (tertiary/aromatic N) is 4. The smallest absolute Gasteiger partial charge is 0.287 e. The lowest BCUT2D eigenvalue weighted by molar-refractivity contribution is -0.0687. The Morgan fingerprint density at radius 1 is 1.47 bits per heavy atom. The molecule has 0 bridgehead atoms. The summed E-state index contributed by atoms with van der Waals surface area (Å²) in [5.41, 5.74) is 2.26. The standard InChI is InChI=1S/C11H20N6O2/c1-8-5-16(6-9(2)19-8)3-4-17-7-10(14-15-17)11(18)13-12/h7-9H,3-6,12H2,1-2H3,(H,13,18)/t8-,9+. The molecule has 1 aromatic rings. The van der Waals surface area contributed by atoms with E-state index in [1.165, 1.54) is 0 Å². The van der Waals surface area contributed by atoms with E-state index in [2.05, 4.69) is 29.1 Å². The first-order valence-corrected chi connectivity index (χ1v) is 6.37. The van der Waals surface area contributed by atoms with Crippen molar-refractivity contribution in [3.63, 3.8) is 0 Å². The van der Waals surface area contributed by atoms with Crippen molar-refractivity contribution in [1.29, 1.82) is 0 Å². The van der Waals surface area contributed by atoms with Gasteiger partial charge in [0.15, 0.2) is 5.69 Å². The third-order valence-corrected chi connectivity index (χ3v) is 3.04. The van der Waals surface area contributed by atoms with Gasteiger partial charge in [-0.25, -0.2) is 5.84 Å². The molecule has 8 heteroatoms. The predicted molar refractivity (Wildman–Crippen MR) is 68.1 cm³/mol. The summed E-state index contributed by atoms with van der Waals surface area (Å²) in [6.45, 7) is 7.50. The van der Waals surface area contributed by atoms with Crippen LogP contribution in [0, 0.1) is 0 Å². The van der Waals surface area contributed by atoms with E-state index >= 15 is 0 Å². The zero-order valence-electron chi connectivity index (χ0n) is 11.2. The van der Waals surface area contributed by atoms with Gasteiger partial charge in [-0.3, -0.25) is 19.8 Å². The lowest BCUT2D eigenvalue weighted by Crippen LogP contribution is -2.46. The SMILES string of the molecule is C[C@@H]1CN(CCn2cc(C(=O)NN)nn2)C[C@H](C)O1. The maximum absolute atomic E-state index is 11.2. The Bertz CT molecular complexity index is 425. The molecule has 1 aliphatic rings. The van der Waals surface area contributed by atoms with E-state index in [1.54, 1.807) is 10.9 Å². The molecule has 1 aromatic heterocycles. The molecule has 106 valence electrons. The quantitative estimate of drug-likeness (QED) is 0.412. The zero-order chi connectivity index (χ0) is 13.8. The van der Waals surface area contributed by atoms with Crippen molar-refractivity contribution in [3.8, 4) is 0 Å². The minimum Gasteiger partial charge on any atom is -0.373 e. The van der Waals surface area contributed by atoms with Crippen molar-refractivity contribution in [2.24, 2.45) is 5.84 Å². The Kier molecular flexibility index (Phi) is 4.46. The Morgan fingerprint density at radius 3 is 2.79 bits per heavy atom. The average molecular weight is 268 g/mol. The van der Waals surface area contributed by atoms with Gasteiger partial charge in [0, 0.05) is 19.6 Å². The molecule has 1 aliphatic heterocycles. The number of hydrogen-bond acceptors (Lipinski definition) is 6. The Morgan fingerprint density at radius 2 is 2.16 bits per heavy atom. The average Bonchev–Trinajstić information content (AvgIpc) is 2.83. The van der Waals surface area contributed by atoms with Gasteiger partial charge in [0.2, 0.25) is 0 Å². The third-order valence-electron chi connectivity index (χ3n) is 3.04. The second kappa shape index (κ2) is 6.09. The van der Waals surface area contributed by atoms with Crippen molar-refractivity contribution >= 4 is 5.91 Å². The van der Waals surface area contributed by atoms with E-state index in [9.17, 15) is 4.79 Å². The summed E-state index contributed by atoms with van der Waals surface area (Å²) in [4.78, 5) is 13.6. The number of hydrazine groups is 1. The summed E-state index contributed by atoms with van der Waals surface area (Å²) in [6, 6.07) is 0. The molecule has 2 atom stereocenters. The van der Waals surface area contributed by atoms with Crippen LogP contribution in [0.15, 0.2) is 6.20 Å². The highest BCUT2D eigenvalue weighted by Crippen LogP contribution is 2.10. The number of carbonyl (C=O) groups is 1. The molecule has 1 amide bonds. The summed E-state index contributed by atoms with van der Waals surface area (Å²) in [6.07, 6.45) is 2.09. The van der Waals surface area contributed by atoms with Crippen LogP contribution in [0.1, 0.15) is 24.3 Å². The molecule has 0 saturated carbocycles. The van der Waals surface area contributed by atoms with Gasteiger partial charge in [-0.15, -0.1) is 5.10 Å². The van der Waals surface area contributed by atoms with Crippen molar-refractivity contribution in [1.82, 2.24) is 25.3 Å². The van der Waals surface area contributed by atoms with Crippen molar-refractivity contribution in [2.75, 3.05) is 19.6 Å². The van der Waals surface area contributed by atoms with E-state index in [1.807, 2.05) is 5.43 Å². The van der Waals surface area contributed by atoms with Crippen molar-refractivity contribution in [2.45, 2.75) is 32.6 Å². The molecule has 3 N–H and O–H groups in total. The molecule has 0 unspecified atom stereocenters. The Balaban J connectivity index is 1.85. The first-order chi connectivity index (χ1) is 9.08. The number of nitrogen functional groups attached to an aromatic ring is 1. The topological polar surface area (TPSA) is 98.3 Å². The Hall–Kier alpha value is -1.51. The minimum absolute atomic E-state index is 0.228. The number of carbonyl (C=O) groups excluding carboxylic acids is 1. The maximum Gasteiger partial charge on any atom is 0.287 e. The van der Waals surface area contributed by atoms with Crippen LogP contribution in [0.4, 0.5) is 0 Å². The molecule has 0 radical (unpaired) electrons. The molecule has 8 nitrogen and oxygen atoms in total. The lowest BCUT2D eigenvalue weighted by Gasteiger charge is -2.35. The van der Waals surface area contributed by atoms with Crippen LogP contribution in [-0.2, 0) is 11.3 Å². The van der Waals surface area contributed by atoms with E-state index in [0.717, 1.165) is 19.6 Å². The van der Waals surface area contributed by atoms with Crippen LogP contribution in [0.5, 0.6) is 0 Å². The van der Waals surface area contributed by atoms with E-state index in [-0.39, 0.29) is 17.9 Å². The number of aromatic nitrogens is 3. The van der Waals surface area contributed by atoms with Crippen LogP contribution in [0.2, 0.25) is 0 Å².